The van der Waals surface area contributed by atoms with Gasteiger partial charge in [-0.15, -0.1) is 11.3 Å². The molecular weight excluding hydrogens is 348 g/mol. The van der Waals surface area contributed by atoms with Gasteiger partial charge in [-0.25, -0.2) is 9.78 Å². The molecule has 1 aromatic heterocycles. The van der Waals surface area contributed by atoms with Crippen LogP contribution in [0.1, 0.15) is 9.67 Å². The lowest BCUT2D eigenvalue weighted by Gasteiger charge is -2.30. The lowest BCUT2D eigenvalue weighted by atomic mass is 10.2. The third kappa shape index (κ3) is 3.03. The molecule has 0 radical (unpaired) electrons. The number of thiazole rings is 1. The highest BCUT2D eigenvalue weighted by Crippen LogP contribution is 2.37. The Bertz CT molecular complexity index is 836. The zero-order valence-corrected chi connectivity index (χ0v) is 13.8. The van der Waals surface area contributed by atoms with Crippen LogP contribution in [0.5, 0.6) is 11.5 Å². The van der Waals surface area contributed by atoms with Crippen molar-refractivity contribution in [2.45, 2.75) is 6.10 Å². The number of aliphatic carboxylic acids is 1. The second-order valence-corrected chi connectivity index (χ2v) is 6.58. The maximum Gasteiger partial charge on any atom is 0.334 e. The minimum absolute atomic E-state index is 0.0332. The van der Waals surface area contributed by atoms with E-state index in [0.717, 1.165) is 5.56 Å². The third-order valence-electron chi connectivity index (χ3n) is 3.97. The summed E-state index contributed by atoms with van der Waals surface area (Å²) in [4.78, 5) is 29.9. The van der Waals surface area contributed by atoms with Crippen molar-refractivity contribution in [3.63, 3.8) is 0 Å². The van der Waals surface area contributed by atoms with Crippen LogP contribution in [-0.2, 0) is 9.53 Å². The van der Waals surface area contributed by atoms with E-state index in [2.05, 4.69) is 4.98 Å². The van der Waals surface area contributed by atoms with Crippen molar-refractivity contribution in [1.29, 1.82) is 0 Å². The van der Waals surface area contributed by atoms with E-state index in [1.54, 1.807) is 6.07 Å². The number of hydrogen-bond acceptors (Lipinski definition) is 7. The van der Waals surface area contributed by atoms with Crippen molar-refractivity contribution in [3.05, 3.63) is 29.3 Å². The molecule has 25 heavy (non-hydrogen) atoms. The summed E-state index contributed by atoms with van der Waals surface area (Å²) < 4.78 is 15.8. The number of carbonyl (C=O) groups is 2. The number of amides is 1. The van der Waals surface area contributed by atoms with E-state index in [4.69, 9.17) is 19.3 Å². The quantitative estimate of drug-likeness (QED) is 0.883. The molecule has 1 saturated heterocycles. The maximum atomic E-state index is 12.6. The van der Waals surface area contributed by atoms with Gasteiger partial charge in [0, 0.05) is 12.1 Å². The van der Waals surface area contributed by atoms with Crippen LogP contribution >= 0.6 is 11.3 Å². The van der Waals surface area contributed by atoms with E-state index in [1.165, 1.54) is 22.4 Å². The molecule has 2 aliphatic rings. The topological polar surface area (TPSA) is 98.2 Å². The lowest BCUT2D eigenvalue weighted by molar-refractivity contribution is -0.154. The fourth-order valence-electron chi connectivity index (χ4n) is 2.68. The molecule has 0 aliphatic carbocycles. The Morgan fingerprint density at radius 3 is 2.96 bits per heavy atom. The summed E-state index contributed by atoms with van der Waals surface area (Å²) in [5.41, 5.74) is 0.832. The van der Waals surface area contributed by atoms with Gasteiger partial charge in [-0.3, -0.25) is 4.79 Å². The van der Waals surface area contributed by atoms with Crippen molar-refractivity contribution in [1.82, 2.24) is 9.88 Å². The molecule has 1 aromatic carbocycles. The van der Waals surface area contributed by atoms with E-state index in [-0.39, 0.29) is 25.9 Å². The normalized spacial score (nSPS) is 19.0. The number of benzene rings is 1. The molecule has 8 nitrogen and oxygen atoms in total. The molecule has 0 saturated carbocycles. The molecule has 130 valence electrons. The summed E-state index contributed by atoms with van der Waals surface area (Å²) in [5.74, 6) is 0.0320. The van der Waals surface area contributed by atoms with Crippen LogP contribution in [0.4, 0.5) is 0 Å². The zero-order valence-electron chi connectivity index (χ0n) is 13.0. The fraction of sp³-hybridized carbons (Fsp3) is 0.312. The van der Waals surface area contributed by atoms with Crippen LogP contribution in [0.25, 0.3) is 10.6 Å². The minimum atomic E-state index is -1.07. The molecule has 1 atom stereocenters. The molecule has 2 aliphatic heterocycles. The van der Waals surface area contributed by atoms with E-state index in [0.29, 0.717) is 27.9 Å². The molecule has 1 N–H and O–H groups in total. The highest BCUT2D eigenvalue weighted by molar-refractivity contribution is 7.16. The average Bonchev–Trinajstić information content (AvgIpc) is 3.29. The van der Waals surface area contributed by atoms with Gasteiger partial charge < -0.3 is 24.2 Å². The van der Waals surface area contributed by atoms with Crippen LogP contribution in [0.2, 0.25) is 0 Å². The summed E-state index contributed by atoms with van der Waals surface area (Å²) in [6.07, 6.45) is 0.525. The lowest BCUT2D eigenvalue weighted by Crippen LogP contribution is -2.48. The van der Waals surface area contributed by atoms with Gasteiger partial charge >= 0.3 is 5.97 Å². The molecule has 4 rings (SSSR count). The average molecular weight is 362 g/mol. The second kappa shape index (κ2) is 6.34. The Labute approximate surface area is 146 Å². The molecule has 0 bridgehead atoms. The monoisotopic (exact) mass is 362 g/mol. The van der Waals surface area contributed by atoms with Gasteiger partial charge in [-0.1, -0.05) is 0 Å². The Morgan fingerprint density at radius 2 is 2.12 bits per heavy atom. The number of carboxylic acids is 1. The standard InChI is InChI=1S/C16H14N2O6S/c19-15(18-3-4-22-12(7-18)16(20)21)13-6-17-14(25-13)9-1-2-10-11(5-9)24-8-23-10/h1-2,5-6,12H,3-4,7-8H2,(H,20,21)/t12-/m0/s1. The highest BCUT2D eigenvalue weighted by Gasteiger charge is 2.30. The molecule has 0 spiro atoms. The van der Waals surface area contributed by atoms with Crippen molar-refractivity contribution in [2.24, 2.45) is 0 Å². The molecule has 3 heterocycles. The number of carbonyl (C=O) groups excluding carboxylic acids is 1. The predicted molar refractivity (Wildman–Crippen MR) is 87.0 cm³/mol. The van der Waals surface area contributed by atoms with Crippen LogP contribution < -0.4 is 9.47 Å². The number of aromatic nitrogens is 1. The van der Waals surface area contributed by atoms with E-state index in [9.17, 15) is 9.59 Å². The van der Waals surface area contributed by atoms with Crippen molar-refractivity contribution in [2.75, 3.05) is 26.5 Å². The van der Waals surface area contributed by atoms with Crippen molar-refractivity contribution >= 4 is 23.2 Å². The summed E-state index contributed by atoms with van der Waals surface area (Å²) in [7, 11) is 0. The summed E-state index contributed by atoms with van der Waals surface area (Å²) in [5, 5.41) is 9.73. The van der Waals surface area contributed by atoms with Crippen LogP contribution in [0.3, 0.4) is 0 Å². The SMILES string of the molecule is O=C(O)[C@@H]1CN(C(=O)c2cnc(-c3ccc4c(c3)OCO4)s2)CCO1. The first-order chi connectivity index (χ1) is 12.1. The summed E-state index contributed by atoms with van der Waals surface area (Å²) in [6.45, 7) is 0.796. The van der Waals surface area contributed by atoms with Crippen LogP contribution in [0, 0.1) is 0 Å². The van der Waals surface area contributed by atoms with Crippen molar-refractivity contribution in [3.8, 4) is 22.1 Å². The van der Waals surface area contributed by atoms with Crippen molar-refractivity contribution < 1.29 is 28.9 Å². The first-order valence-corrected chi connectivity index (χ1v) is 8.43. The van der Waals surface area contributed by atoms with Gasteiger partial charge in [-0.05, 0) is 18.2 Å². The number of nitrogens with zero attached hydrogens (tertiary/aromatic N) is 2. The van der Waals surface area contributed by atoms with Crippen LogP contribution in [-0.4, -0.2) is 59.5 Å². The number of carboxylic acid groups (broad SMARTS) is 1. The Morgan fingerprint density at radius 1 is 1.28 bits per heavy atom. The number of ether oxygens (including phenoxy) is 3. The first-order valence-electron chi connectivity index (χ1n) is 7.61. The Balaban J connectivity index is 1.52. The molecular formula is C16H14N2O6S. The maximum absolute atomic E-state index is 12.6. The second-order valence-electron chi connectivity index (χ2n) is 5.55. The largest absolute Gasteiger partial charge is 0.479 e. The first kappa shape index (κ1) is 15.9. The van der Waals surface area contributed by atoms with Gasteiger partial charge in [0.2, 0.25) is 6.79 Å². The predicted octanol–water partition coefficient (Wildman–Crippen LogP) is 1.46. The zero-order chi connectivity index (χ0) is 17.4. The highest BCUT2D eigenvalue weighted by atomic mass is 32.1. The number of rotatable bonds is 3. The van der Waals surface area contributed by atoms with Gasteiger partial charge in [-0.2, -0.15) is 0 Å². The smallest absolute Gasteiger partial charge is 0.334 e. The third-order valence-corrected chi connectivity index (χ3v) is 5.00. The number of fused-ring (bicyclic) bond motifs is 1. The summed E-state index contributed by atoms with van der Waals surface area (Å²) in [6, 6.07) is 5.49. The van der Waals surface area contributed by atoms with E-state index >= 15 is 0 Å². The molecule has 0 unspecified atom stereocenters. The van der Waals surface area contributed by atoms with E-state index < -0.39 is 12.1 Å². The van der Waals surface area contributed by atoms with Gasteiger partial charge in [0.15, 0.2) is 17.6 Å². The molecule has 9 heteroatoms. The number of hydrogen-bond donors (Lipinski definition) is 1. The molecule has 1 fully saturated rings. The minimum Gasteiger partial charge on any atom is -0.479 e. The molecule has 1 amide bonds. The van der Waals surface area contributed by atoms with Gasteiger partial charge in [0.25, 0.3) is 5.91 Å². The Kier molecular flexibility index (Phi) is 4.02. The summed E-state index contributed by atoms with van der Waals surface area (Å²) >= 11 is 1.26. The van der Waals surface area contributed by atoms with E-state index in [1.807, 2.05) is 12.1 Å². The Hall–Kier alpha value is -2.65. The number of morpholine rings is 1. The fourth-order valence-corrected chi connectivity index (χ4v) is 3.56. The van der Waals surface area contributed by atoms with Crippen LogP contribution in [0.15, 0.2) is 24.4 Å². The van der Waals surface area contributed by atoms with Gasteiger partial charge in [0.1, 0.15) is 9.88 Å². The molecule has 2 aromatic rings. The van der Waals surface area contributed by atoms with Gasteiger partial charge in [0.05, 0.1) is 19.3 Å².